The van der Waals surface area contributed by atoms with Gasteiger partial charge < -0.3 is 14.2 Å². The molecule has 1 saturated heterocycles. The third kappa shape index (κ3) is 3.66. The summed E-state index contributed by atoms with van der Waals surface area (Å²) in [6.45, 7) is 1.81. The van der Waals surface area contributed by atoms with Crippen LogP contribution in [0.2, 0.25) is 0 Å². The molecule has 5 rings (SSSR count). The van der Waals surface area contributed by atoms with E-state index in [1.54, 1.807) is 22.3 Å². The van der Waals surface area contributed by atoms with Crippen LogP contribution in [0.1, 0.15) is 24.2 Å². The standard InChI is InChI=1S/C22H24N6O4/c1-30-16-5-3-15(4-6-16)13-27-17-12-23-21(31-2)24-19(17)20-26-25-18(28(20)22(27)29)11-14-7-9-32-10-8-14/h3-6,12,14H,7-11,13H2,1-2H3. The lowest BCUT2D eigenvalue weighted by Crippen LogP contribution is -2.30. The Morgan fingerprint density at radius 2 is 1.88 bits per heavy atom. The van der Waals surface area contributed by atoms with Crippen LogP contribution in [-0.2, 0) is 17.7 Å². The van der Waals surface area contributed by atoms with Crippen molar-refractivity contribution in [3.05, 3.63) is 52.3 Å². The minimum atomic E-state index is -0.218. The summed E-state index contributed by atoms with van der Waals surface area (Å²) in [7, 11) is 3.13. The molecule has 10 nitrogen and oxygen atoms in total. The molecule has 4 heterocycles. The SMILES string of the molecule is COc1ccc(Cn2c(=O)n3c(CC4CCOCC4)nnc3c3nc(OC)ncc32)cc1. The lowest BCUT2D eigenvalue weighted by Gasteiger charge is -2.21. The normalized spacial score (nSPS) is 14.8. The Morgan fingerprint density at radius 1 is 1.09 bits per heavy atom. The first-order valence-corrected chi connectivity index (χ1v) is 10.6. The maximum atomic E-state index is 13.7. The molecule has 0 amide bonds. The predicted molar refractivity (Wildman–Crippen MR) is 116 cm³/mol. The fraction of sp³-hybridized carbons (Fsp3) is 0.409. The number of benzene rings is 1. The topological polar surface area (TPSA) is 106 Å². The van der Waals surface area contributed by atoms with Gasteiger partial charge in [-0.2, -0.15) is 4.98 Å². The predicted octanol–water partition coefficient (Wildman–Crippen LogP) is 1.87. The van der Waals surface area contributed by atoms with E-state index in [1.165, 1.54) is 7.11 Å². The molecule has 166 valence electrons. The molecule has 10 heteroatoms. The zero-order valence-electron chi connectivity index (χ0n) is 18.0. The van der Waals surface area contributed by atoms with Gasteiger partial charge >= 0.3 is 11.7 Å². The fourth-order valence-electron chi connectivity index (χ4n) is 4.12. The molecule has 0 unspecified atom stereocenters. The molecule has 32 heavy (non-hydrogen) atoms. The monoisotopic (exact) mass is 436 g/mol. The Hall–Kier alpha value is -3.53. The summed E-state index contributed by atoms with van der Waals surface area (Å²) < 4.78 is 19.2. The number of ether oxygens (including phenoxy) is 3. The van der Waals surface area contributed by atoms with Crippen LogP contribution < -0.4 is 15.2 Å². The number of aromatic nitrogens is 6. The highest BCUT2D eigenvalue weighted by Gasteiger charge is 2.22. The summed E-state index contributed by atoms with van der Waals surface area (Å²) in [6.07, 6.45) is 4.14. The van der Waals surface area contributed by atoms with E-state index in [0.29, 0.717) is 41.4 Å². The molecule has 1 fully saturated rings. The number of hydrogen-bond donors (Lipinski definition) is 0. The number of fused-ring (bicyclic) bond motifs is 3. The second-order valence-corrected chi connectivity index (χ2v) is 7.84. The quantitative estimate of drug-likeness (QED) is 0.451. The largest absolute Gasteiger partial charge is 0.497 e. The van der Waals surface area contributed by atoms with Gasteiger partial charge in [-0.15, -0.1) is 10.2 Å². The summed E-state index contributed by atoms with van der Waals surface area (Å²) in [6, 6.07) is 7.82. The van der Waals surface area contributed by atoms with Crippen LogP contribution in [0.4, 0.5) is 0 Å². The van der Waals surface area contributed by atoms with E-state index in [1.807, 2.05) is 24.3 Å². The number of hydrogen-bond acceptors (Lipinski definition) is 8. The van der Waals surface area contributed by atoms with Gasteiger partial charge in [0, 0.05) is 19.6 Å². The van der Waals surface area contributed by atoms with E-state index >= 15 is 0 Å². The van der Waals surface area contributed by atoms with E-state index < -0.39 is 0 Å². The third-order valence-electron chi connectivity index (χ3n) is 5.90. The maximum absolute atomic E-state index is 13.7. The van der Waals surface area contributed by atoms with Crippen LogP contribution in [0.5, 0.6) is 11.8 Å². The van der Waals surface area contributed by atoms with Crippen LogP contribution in [0.3, 0.4) is 0 Å². The highest BCUT2D eigenvalue weighted by molar-refractivity contribution is 5.87. The molecule has 0 N–H and O–H groups in total. The molecule has 0 saturated carbocycles. The molecule has 1 aliphatic rings. The first-order chi connectivity index (χ1) is 15.7. The Kier molecular flexibility index (Phi) is 5.44. The Morgan fingerprint density at radius 3 is 2.59 bits per heavy atom. The van der Waals surface area contributed by atoms with Gasteiger partial charge in [0.2, 0.25) is 0 Å². The summed E-state index contributed by atoms with van der Waals surface area (Å²) in [5.74, 6) is 1.80. The molecule has 0 aliphatic carbocycles. The average Bonchev–Trinajstić information content (AvgIpc) is 3.26. The van der Waals surface area contributed by atoms with Crippen molar-refractivity contribution in [1.29, 1.82) is 0 Å². The molecule has 0 radical (unpaired) electrons. The summed E-state index contributed by atoms with van der Waals surface area (Å²) in [5, 5.41) is 8.69. The van der Waals surface area contributed by atoms with Gasteiger partial charge in [-0.3, -0.25) is 4.57 Å². The van der Waals surface area contributed by atoms with Crippen molar-refractivity contribution in [1.82, 2.24) is 29.1 Å². The smallest absolute Gasteiger partial charge is 0.336 e. The van der Waals surface area contributed by atoms with E-state index in [2.05, 4.69) is 20.2 Å². The van der Waals surface area contributed by atoms with Gasteiger partial charge in [0.1, 0.15) is 17.1 Å². The van der Waals surface area contributed by atoms with Crippen LogP contribution >= 0.6 is 0 Å². The Labute approximate surface area is 183 Å². The molecule has 1 aromatic carbocycles. The Bertz CT molecular complexity index is 1310. The van der Waals surface area contributed by atoms with Crippen molar-refractivity contribution in [3.8, 4) is 11.8 Å². The molecular weight excluding hydrogens is 412 g/mol. The van der Waals surface area contributed by atoms with Crippen molar-refractivity contribution >= 4 is 16.7 Å². The van der Waals surface area contributed by atoms with Gasteiger partial charge in [0.05, 0.1) is 32.5 Å². The minimum Gasteiger partial charge on any atom is -0.497 e. The van der Waals surface area contributed by atoms with Crippen molar-refractivity contribution < 1.29 is 14.2 Å². The van der Waals surface area contributed by atoms with Gasteiger partial charge in [-0.25, -0.2) is 14.2 Å². The molecule has 0 atom stereocenters. The minimum absolute atomic E-state index is 0.211. The second kappa shape index (κ2) is 8.54. The zero-order valence-corrected chi connectivity index (χ0v) is 18.0. The lowest BCUT2D eigenvalue weighted by molar-refractivity contribution is 0.0659. The number of rotatable bonds is 6. The van der Waals surface area contributed by atoms with E-state index in [-0.39, 0.29) is 11.7 Å². The van der Waals surface area contributed by atoms with E-state index in [9.17, 15) is 4.79 Å². The summed E-state index contributed by atoms with van der Waals surface area (Å²) in [4.78, 5) is 22.4. The molecule has 0 bridgehead atoms. The van der Waals surface area contributed by atoms with E-state index in [0.717, 1.165) is 37.4 Å². The second-order valence-electron chi connectivity index (χ2n) is 7.84. The first-order valence-electron chi connectivity index (χ1n) is 10.6. The van der Waals surface area contributed by atoms with Crippen LogP contribution in [0, 0.1) is 5.92 Å². The van der Waals surface area contributed by atoms with Gasteiger partial charge in [0.15, 0.2) is 5.65 Å². The van der Waals surface area contributed by atoms with Crippen LogP contribution in [0.25, 0.3) is 16.7 Å². The Balaban J connectivity index is 1.66. The number of nitrogens with zero attached hydrogens (tertiary/aromatic N) is 6. The fourth-order valence-corrected chi connectivity index (χ4v) is 4.12. The molecule has 0 spiro atoms. The van der Waals surface area contributed by atoms with Gasteiger partial charge in [0.25, 0.3) is 0 Å². The third-order valence-corrected chi connectivity index (χ3v) is 5.90. The molecule has 4 aromatic rings. The van der Waals surface area contributed by atoms with Crippen molar-refractivity contribution in [2.24, 2.45) is 5.92 Å². The van der Waals surface area contributed by atoms with Crippen LogP contribution in [-0.4, -0.2) is 56.6 Å². The van der Waals surface area contributed by atoms with Crippen molar-refractivity contribution in [3.63, 3.8) is 0 Å². The average molecular weight is 436 g/mol. The van der Waals surface area contributed by atoms with Crippen molar-refractivity contribution in [2.45, 2.75) is 25.8 Å². The van der Waals surface area contributed by atoms with E-state index in [4.69, 9.17) is 14.2 Å². The first kappa shape index (κ1) is 20.4. The summed E-state index contributed by atoms with van der Waals surface area (Å²) in [5.41, 5.74) is 2.24. The molecule has 3 aromatic heterocycles. The maximum Gasteiger partial charge on any atom is 0.336 e. The van der Waals surface area contributed by atoms with Gasteiger partial charge in [-0.1, -0.05) is 12.1 Å². The summed E-state index contributed by atoms with van der Waals surface area (Å²) >= 11 is 0. The zero-order chi connectivity index (χ0) is 22.1. The number of methoxy groups -OCH3 is 2. The lowest BCUT2D eigenvalue weighted by atomic mass is 9.96. The van der Waals surface area contributed by atoms with Gasteiger partial charge in [-0.05, 0) is 36.5 Å². The molecule has 1 aliphatic heterocycles. The highest BCUT2D eigenvalue weighted by atomic mass is 16.5. The molecular formula is C22H24N6O4. The van der Waals surface area contributed by atoms with Crippen LogP contribution in [0.15, 0.2) is 35.3 Å². The highest BCUT2D eigenvalue weighted by Crippen LogP contribution is 2.22. The van der Waals surface area contributed by atoms with Crippen molar-refractivity contribution in [2.75, 3.05) is 27.4 Å².